The molecule has 2 atom stereocenters. The van der Waals surface area contributed by atoms with Crippen LogP contribution in [0.4, 0.5) is 0 Å². The molecule has 0 aromatic heterocycles. The molecule has 0 aliphatic carbocycles. The molecule has 0 aliphatic rings. The van der Waals surface area contributed by atoms with E-state index in [0.717, 1.165) is 6.42 Å². The third kappa shape index (κ3) is 8.13. The minimum absolute atomic E-state index is 0.119. The van der Waals surface area contributed by atoms with Crippen molar-refractivity contribution in [1.29, 1.82) is 0 Å². The molecule has 2 nitrogen and oxygen atoms in total. The van der Waals surface area contributed by atoms with E-state index in [2.05, 4.69) is 43.4 Å². The van der Waals surface area contributed by atoms with Gasteiger partial charge in [0.1, 0.15) is 0 Å². The highest BCUT2D eigenvalue weighted by Gasteiger charge is 2.06. The van der Waals surface area contributed by atoms with Gasteiger partial charge in [-0.15, -0.1) is 0 Å². The number of ether oxygens (including phenoxy) is 1. The normalized spacial score (nSPS) is 14.4. The number of hydrogen-bond acceptors (Lipinski definition) is 2. The van der Waals surface area contributed by atoms with Crippen molar-refractivity contribution in [3.63, 3.8) is 0 Å². The van der Waals surface area contributed by atoms with E-state index in [1.165, 1.54) is 5.56 Å². The van der Waals surface area contributed by atoms with Crippen LogP contribution in [0.1, 0.15) is 39.2 Å². The molecule has 0 radical (unpaired) electrons. The molecule has 0 bridgehead atoms. The molecule has 2 heteroatoms. The van der Waals surface area contributed by atoms with E-state index >= 15 is 0 Å². The van der Waals surface area contributed by atoms with Crippen molar-refractivity contribution >= 4 is 12.0 Å². The lowest BCUT2D eigenvalue weighted by Gasteiger charge is -2.06. The number of esters is 1. The van der Waals surface area contributed by atoms with Crippen molar-refractivity contribution in [1.82, 2.24) is 0 Å². The Bertz CT molecular complexity index is 460. The van der Waals surface area contributed by atoms with Gasteiger partial charge >= 0.3 is 5.97 Å². The SMILES string of the molecule is CCOC(=O)C[C@@H](C)/C=C/C[C@H](C)/C=C/c1ccccc1. The Labute approximate surface area is 128 Å². The molecule has 1 rings (SSSR count). The highest BCUT2D eigenvalue weighted by atomic mass is 16.5. The van der Waals surface area contributed by atoms with Gasteiger partial charge in [0.2, 0.25) is 0 Å². The molecular weight excluding hydrogens is 260 g/mol. The van der Waals surface area contributed by atoms with Crippen molar-refractivity contribution < 1.29 is 9.53 Å². The van der Waals surface area contributed by atoms with E-state index in [1.54, 1.807) is 0 Å². The summed E-state index contributed by atoms with van der Waals surface area (Å²) in [5.74, 6) is 0.595. The second-order valence-electron chi connectivity index (χ2n) is 5.40. The highest BCUT2D eigenvalue weighted by molar-refractivity contribution is 5.69. The molecule has 0 saturated heterocycles. The van der Waals surface area contributed by atoms with Gasteiger partial charge in [0.15, 0.2) is 0 Å². The lowest BCUT2D eigenvalue weighted by atomic mass is 10.0. The van der Waals surface area contributed by atoms with Crippen LogP contribution in [0.3, 0.4) is 0 Å². The maximum atomic E-state index is 11.3. The fourth-order valence-corrected chi connectivity index (χ4v) is 1.99. The average molecular weight is 286 g/mol. The minimum atomic E-state index is -0.119. The maximum absolute atomic E-state index is 11.3. The van der Waals surface area contributed by atoms with Crippen LogP contribution in [0.25, 0.3) is 6.08 Å². The summed E-state index contributed by atoms with van der Waals surface area (Å²) in [6.45, 7) is 6.52. The van der Waals surface area contributed by atoms with Crippen molar-refractivity contribution in [2.75, 3.05) is 6.61 Å². The number of carbonyl (C=O) groups is 1. The first kappa shape index (κ1) is 17.2. The zero-order valence-electron chi connectivity index (χ0n) is 13.3. The zero-order valence-corrected chi connectivity index (χ0v) is 13.3. The van der Waals surface area contributed by atoms with E-state index in [1.807, 2.05) is 32.0 Å². The summed E-state index contributed by atoms with van der Waals surface area (Å²) < 4.78 is 4.94. The lowest BCUT2D eigenvalue weighted by Crippen LogP contribution is -2.07. The molecule has 114 valence electrons. The molecule has 0 unspecified atom stereocenters. The summed E-state index contributed by atoms with van der Waals surface area (Å²) >= 11 is 0. The molecule has 0 saturated carbocycles. The first-order valence-electron chi connectivity index (χ1n) is 7.67. The van der Waals surface area contributed by atoms with Gasteiger partial charge in [-0.25, -0.2) is 0 Å². The van der Waals surface area contributed by atoms with Crippen LogP contribution >= 0.6 is 0 Å². The average Bonchev–Trinajstić information content (AvgIpc) is 2.46. The van der Waals surface area contributed by atoms with Gasteiger partial charge in [0.05, 0.1) is 13.0 Å². The predicted octanol–water partition coefficient (Wildman–Crippen LogP) is 4.87. The first-order chi connectivity index (χ1) is 10.1. The Kier molecular flexibility index (Phi) is 8.18. The van der Waals surface area contributed by atoms with Crippen LogP contribution in [0.2, 0.25) is 0 Å². The van der Waals surface area contributed by atoms with Gasteiger partial charge in [-0.1, -0.05) is 68.5 Å². The van der Waals surface area contributed by atoms with Crippen LogP contribution in [-0.4, -0.2) is 12.6 Å². The number of rotatable bonds is 8. The molecule has 1 aromatic carbocycles. The summed E-state index contributed by atoms with van der Waals surface area (Å²) in [6.07, 6.45) is 10.1. The summed E-state index contributed by atoms with van der Waals surface area (Å²) in [5, 5.41) is 0. The van der Waals surface area contributed by atoms with Crippen LogP contribution in [0.5, 0.6) is 0 Å². The molecule has 1 aromatic rings. The van der Waals surface area contributed by atoms with Crippen molar-refractivity contribution in [2.45, 2.75) is 33.6 Å². The summed E-state index contributed by atoms with van der Waals surface area (Å²) in [4.78, 5) is 11.3. The Morgan fingerprint density at radius 2 is 1.86 bits per heavy atom. The second kappa shape index (κ2) is 9.98. The largest absolute Gasteiger partial charge is 0.466 e. The molecule has 0 fully saturated rings. The Morgan fingerprint density at radius 1 is 1.14 bits per heavy atom. The molecule has 0 spiro atoms. The standard InChI is InChI=1S/C19H26O2/c1-4-21-19(20)15-17(3)10-8-9-16(2)13-14-18-11-6-5-7-12-18/h5-8,10-14,16-17H,4,9,15H2,1-3H3/b10-8+,14-13+/t16-,17-/m0/s1. The van der Waals surface area contributed by atoms with Gasteiger partial charge in [0, 0.05) is 0 Å². The van der Waals surface area contributed by atoms with E-state index < -0.39 is 0 Å². The molecule has 0 N–H and O–H groups in total. The molecule has 0 aliphatic heterocycles. The number of benzene rings is 1. The number of hydrogen-bond donors (Lipinski definition) is 0. The van der Waals surface area contributed by atoms with Gasteiger partial charge < -0.3 is 4.74 Å². The first-order valence-corrected chi connectivity index (χ1v) is 7.67. The monoisotopic (exact) mass is 286 g/mol. The molecule has 0 heterocycles. The van der Waals surface area contributed by atoms with E-state index in [4.69, 9.17) is 4.74 Å². The topological polar surface area (TPSA) is 26.3 Å². The third-order valence-corrected chi connectivity index (χ3v) is 3.18. The molecule has 0 amide bonds. The van der Waals surface area contributed by atoms with Crippen LogP contribution < -0.4 is 0 Å². The van der Waals surface area contributed by atoms with E-state index in [9.17, 15) is 4.79 Å². The Balaban J connectivity index is 2.32. The van der Waals surface area contributed by atoms with Crippen LogP contribution in [0.15, 0.2) is 48.6 Å². The van der Waals surface area contributed by atoms with Gasteiger partial charge in [-0.3, -0.25) is 4.79 Å². The predicted molar refractivity (Wildman–Crippen MR) is 88.8 cm³/mol. The van der Waals surface area contributed by atoms with Gasteiger partial charge in [-0.2, -0.15) is 0 Å². The number of carbonyl (C=O) groups excluding carboxylic acids is 1. The molecular formula is C19H26O2. The van der Waals surface area contributed by atoms with E-state index in [-0.39, 0.29) is 11.9 Å². The van der Waals surface area contributed by atoms with Gasteiger partial charge in [0.25, 0.3) is 0 Å². The Morgan fingerprint density at radius 3 is 2.52 bits per heavy atom. The summed E-state index contributed by atoms with van der Waals surface area (Å²) in [7, 11) is 0. The highest BCUT2D eigenvalue weighted by Crippen LogP contribution is 2.11. The van der Waals surface area contributed by atoms with Crippen molar-refractivity contribution in [3.8, 4) is 0 Å². The third-order valence-electron chi connectivity index (χ3n) is 3.18. The molecule has 21 heavy (non-hydrogen) atoms. The van der Waals surface area contributed by atoms with Crippen molar-refractivity contribution in [2.24, 2.45) is 11.8 Å². The fourth-order valence-electron chi connectivity index (χ4n) is 1.99. The number of allylic oxidation sites excluding steroid dienone is 3. The van der Waals surface area contributed by atoms with Crippen LogP contribution in [-0.2, 0) is 9.53 Å². The Hall–Kier alpha value is -1.83. The smallest absolute Gasteiger partial charge is 0.306 e. The second-order valence-corrected chi connectivity index (χ2v) is 5.40. The lowest BCUT2D eigenvalue weighted by molar-refractivity contribution is -0.143. The summed E-state index contributed by atoms with van der Waals surface area (Å²) in [6, 6.07) is 10.3. The zero-order chi connectivity index (χ0) is 15.5. The maximum Gasteiger partial charge on any atom is 0.306 e. The fraction of sp³-hybridized carbons (Fsp3) is 0.421. The van der Waals surface area contributed by atoms with Crippen molar-refractivity contribution in [3.05, 3.63) is 54.1 Å². The van der Waals surface area contributed by atoms with E-state index in [0.29, 0.717) is 18.9 Å². The minimum Gasteiger partial charge on any atom is -0.466 e. The summed E-state index contributed by atoms with van der Waals surface area (Å²) in [5.41, 5.74) is 1.23. The van der Waals surface area contributed by atoms with Gasteiger partial charge in [-0.05, 0) is 30.7 Å². The quantitative estimate of drug-likeness (QED) is 0.503. The van der Waals surface area contributed by atoms with Crippen LogP contribution in [0, 0.1) is 11.8 Å².